The van der Waals surface area contributed by atoms with E-state index in [1.807, 2.05) is 6.07 Å². The molecule has 1 atom stereocenters. The first-order valence-corrected chi connectivity index (χ1v) is 8.39. The first kappa shape index (κ1) is 17.1. The molecule has 0 spiro atoms. The number of nitrogens with one attached hydrogen (secondary N) is 2. The average Bonchev–Trinajstić information content (AvgIpc) is 3.15. The van der Waals surface area contributed by atoms with Crippen molar-refractivity contribution in [2.45, 2.75) is 18.9 Å². The van der Waals surface area contributed by atoms with Crippen LogP contribution in [0.5, 0.6) is 0 Å². The van der Waals surface area contributed by atoms with Crippen LogP contribution in [-0.2, 0) is 0 Å². The summed E-state index contributed by atoms with van der Waals surface area (Å²) >= 11 is 0. The first-order valence-electron chi connectivity index (χ1n) is 8.39. The molecule has 0 bridgehead atoms. The van der Waals surface area contributed by atoms with Gasteiger partial charge in [-0.25, -0.2) is 9.97 Å². The summed E-state index contributed by atoms with van der Waals surface area (Å²) in [5.41, 5.74) is 0.538. The van der Waals surface area contributed by atoms with Gasteiger partial charge in [0.15, 0.2) is 0 Å². The summed E-state index contributed by atoms with van der Waals surface area (Å²) < 4.78 is 0. The molecule has 3 N–H and O–H groups in total. The molecular weight excluding hydrogens is 320 g/mol. The van der Waals surface area contributed by atoms with Crippen LogP contribution in [0.4, 0.5) is 11.6 Å². The third-order valence-corrected chi connectivity index (χ3v) is 4.18. The van der Waals surface area contributed by atoms with E-state index in [4.69, 9.17) is 0 Å². The number of pyridine rings is 1. The molecule has 2 aromatic heterocycles. The van der Waals surface area contributed by atoms with Gasteiger partial charge < -0.3 is 20.6 Å². The number of hydrogen-bond acceptors (Lipinski definition) is 7. The van der Waals surface area contributed by atoms with Gasteiger partial charge in [0.25, 0.3) is 5.91 Å². The smallest absolute Gasteiger partial charge is 0.252 e. The molecule has 0 saturated carbocycles. The Morgan fingerprint density at radius 3 is 3.08 bits per heavy atom. The second kappa shape index (κ2) is 8.39. The molecular formula is C17H22N6O2. The normalized spacial score (nSPS) is 16.7. The van der Waals surface area contributed by atoms with Crippen molar-refractivity contribution in [1.82, 2.24) is 20.3 Å². The van der Waals surface area contributed by atoms with Crippen LogP contribution in [0.2, 0.25) is 0 Å². The van der Waals surface area contributed by atoms with Crippen molar-refractivity contribution in [2.75, 3.05) is 36.5 Å². The van der Waals surface area contributed by atoms with E-state index in [9.17, 15) is 9.90 Å². The third kappa shape index (κ3) is 4.42. The van der Waals surface area contributed by atoms with E-state index in [0.717, 1.165) is 25.2 Å². The number of carbonyl (C=O) groups is 1. The molecule has 1 amide bonds. The van der Waals surface area contributed by atoms with Crippen molar-refractivity contribution in [1.29, 1.82) is 0 Å². The highest BCUT2D eigenvalue weighted by atomic mass is 16.3. The van der Waals surface area contributed by atoms with E-state index in [-0.39, 0.29) is 18.6 Å². The van der Waals surface area contributed by atoms with Gasteiger partial charge >= 0.3 is 0 Å². The highest BCUT2D eigenvalue weighted by Gasteiger charge is 2.25. The van der Waals surface area contributed by atoms with Gasteiger partial charge in [0.2, 0.25) is 0 Å². The summed E-state index contributed by atoms with van der Waals surface area (Å²) in [5.74, 6) is 1.36. The van der Waals surface area contributed by atoms with Crippen LogP contribution in [-0.4, -0.2) is 58.2 Å². The SMILES string of the molecule is O=C(NCCNc1cc(N2CCC[C@@H]2CO)ncn1)c1cccnc1. The second-order valence-electron chi connectivity index (χ2n) is 5.86. The summed E-state index contributed by atoms with van der Waals surface area (Å²) in [6, 6.07) is 5.45. The molecule has 3 heterocycles. The van der Waals surface area contributed by atoms with Crippen molar-refractivity contribution in [3.8, 4) is 0 Å². The molecule has 0 aliphatic carbocycles. The van der Waals surface area contributed by atoms with E-state index in [0.29, 0.717) is 24.5 Å². The van der Waals surface area contributed by atoms with E-state index in [1.54, 1.807) is 18.3 Å². The van der Waals surface area contributed by atoms with E-state index in [2.05, 4.69) is 30.5 Å². The highest BCUT2D eigenvalue weighted by molar-refractivity contribution is 5.93. The Labute approximate surface area is 146 Å². The number of hydrogen-bond donors (Lipinski definition) is 3. The van der Waals surface area contributed by atoms with E-state index < -0.39 is 0 Å². The minimum Gasteiger partial charge on any atom is -0.394 e. The predicted molar refractivity (Wildman–Crippen MR) is 94.5 cm³/mol. The molecule has 8 heteroatoms. The Balaban J connectivity index is 1.49. The fourth-order valence-corrected chi connectivity index (χ4v) is 2.89. The van der Waals surface area contributed by atoms with E-state index >= 15 is 0 Å². The molecule has 132 valence electrons. The molecule has 2 aromatic rings. The lowest BCUT2D eigenvalue weighted by atomic mass is 10.2. The number of aromatic nitrogens is 3. The Hall–Kier alpha value is -2.74. The molecule has 1 aliphatic rings. The standard InChI is InChI=1S/C17H22N6O2/c24-11-14-4-2-8-23(14)16-9-15(21-12-22-16)19-6-7-20-17(25)13-3-1-5-18-10-13/h1,3,5,9-10,12,14,24H,2,4,6-8,11H2,(H,20,25)(H,19,21,22)/t14-/m1/s1. The monoisotopic (exact) mass is 342 g/mol. The maximum atomic E-state index is 11.9. The minimum absolute atomic E-state index is 0.126. The molecule has 0 aromatic carbocycles. The van der Waals surface area contributed by atoms with Gasteiger partial charge in [0.1, 0.15) is 18.0 Å². The number of aliphatic hydroxyl groups excluding tert-OH is 1. The lowest BCUT2D eigenvalue weighted by Gasteiger charge is -2.24. The van der Waals surface area contributed by atoms with Crippen molar-refractivity contribution in [2.24, 2.45) is 0 Å². The average molecular weight is 342 g/mol. The third-order valence-electron chi connectivity index (χ3n) is 4.18. The molecule has 0 radical (unpaired) electrons. The van der Waals surface area contributed by atoms with Crippen molar-refractivity contribution < 1.29 is 9.90 Å². The zero-order chi connectivity index (χ0) is 17.5. The second-order valence-corrected chi connectivity index (χ2v) is 5.86. The summed E-state index contributed by atoms with van der Waals surface area (Å²) in [5, 5.41) is 15.4. The van der Waals surface area contributed by atoms with Crippen LogP contribution in [0, 0.1) is 0 Å². The Morgan fingerprint density at radius 2 is 2.28 bits per heavy atom. The molecule has 0 unspecified atom stereocenters. The van der Waals surface area contributed by atoms with Crippen molar-refractivity contribution >= 4 is 17.5 Å². The number of rotatable bonds is 7. The fourth-order valence-electron chi connectivity index (χ4n) is 2.89. The molecule has 1 aliphatic heterocycles. The van der Waals surface area contributed by atoms with Crippen molar-refractivity contribution in [3.05, 3.63) is 42.5 Å². The lowest BCUT2D eigenvalue weighted by Crippen LogP contribution is -2.33. The number of nitrogens with zero attached hydrogens (tertiary/aromatic N) is 4. The summed E-state index contributed by atoms with van der Waals surface area (Å²) in [6.45, 7) is 2.04. The van der Waals surface area contributed by atoms with Crippen LogP contribution in [0.3, 0.4) is 0 Å². The quantitative estimate of drug-likeness (QED) is 0.636. The van der Waals surface area contributed by atoms with Crippen LogP contribution < -0.4 is 15.5 Å². The van der Waals surface area contributed by atoms with Gasteiger partial charge in [-0.1, -0.05) is 0 Å². The summed E-state index contributed by atoms with van der Waals surface area (Å²) in [4.78, 5) is 26.5. The molecule has 8 nitrogen and oxygen atoms in total. The van der Waals surface area contributed by atoms with Crippen molar-refractivity contribution in [3.63, 3.8) is 0 Å². The largest absolute Gasteiger partial charge is 0.394 e. The van der Waals surface area contributed by atoms with E-state index in [1.165, 1.54) is 12.5 Å². The van der Waals surface area contributed by atoms with Gasteiger partial charge in [-0.2, -0.15) is 0 Å². The highest BCUT2D eigenvalue weighted by Crippen LogP contribution is 2.24. The predicted octanol–water partition coefficient (Wildman–Crippen LogP) is 0.675. The first-order chi connectivity index (χ1) is 12.3. The van der Waals surface area contributed by atoms with Crippen LogP contribution in [0.25, 0.3) is 0 Å². The molecule has 1 saturated heterocycles. The number of aliphatic hydroxyl groups is 1. The van der Waals surface area contributed by atoms with Crippen LogP contribution >= 0.6 is 0 Å². The Kier molecular flexibility index (Phi) is 5.73. The number of amides is 1. The van der Waals surface area contributed by atoms with Gasteiger partial charge in [0, 0.05) is 38.1 Å². The Morgan fingerprint density at radius 1 is 1.36 bits per heavy atom. The van der Waals surface area contributed by atoms with Crippen LogP contribution in [0.1, 0.15) is 23.2 Å². The van der Waals surface area contributed by atoms with Crippen LogP contribution in [0.15, 0.2) is 36.9 Å². The molecule has 25 heavy (non-hydrogen) atoms. The molecule has 1 fully saturated rings. The number of anilines is 2. The lowest BCUT2D eigenvalue weighted by molar-refractivity contribution is 0.0955. The maximum Gasteiger partial charge on any atom is 0.252 e. The number of carbonyl (C=O) groups excluding carboxylic acids is 1. The van der Waals surface area contributed by atoms with Gasteiger partial charge in [-0.05, 0) is 25.0 Å². The van der Waals surface area contributed by atoms with Gasteiger partial charge in [-0.3, -0.25) is 9.78 Å². The fraction of sp³-hybridized carbons (Fsp3) is 0.412. The zero-order valence-electron chi connectivity index (χ0n) is 13.9. The topological polar surface area (TPSA) is 103 Å². The zero-order valence-corrected chi connectivity index (χ0v) is 13.9. The van der Waals surface area contributed by atoms with Gasteiger partial charge in [0.05, 0.1) is 18.2 Å². The van der Waals surface area contributed by atoms with Gasteiger partial charge in [-0.15, -0.1) is 0 Å². The minimum atomic E-state index is -0.152. The maximum absolute atomic E-state index is 11.9. The summed E-state index contributed by atoms with van der Waals surface area (Å²) in [7, 11) is 0. The Bertz CT molecular complexity index is 697. The summed E-state index contributed by atoms with van der Waals surface area (Å²) in [6.07, 6.45) is 6.71. The molecule has 3 rings (SSSR count).